The quantitative estimate of drug-likeness (QED) is 0.109. The van der Waals surface area contributed by atoms with E-state index in [1.165, 1.54) is 27.1 Å². The maximum Gasteiger partial charge on any atom is 0.0712 e. The molecule has 2 heteroatoms. The Labute approximate surface area is 231 Å². The second-order valence-corrected chi connectivity index (χ2v) is 11.0. The average molecular weight is 512 g/mol. The summed E-state index contributed by atoms with van der Waals surface area (Å²) in [4.78, 5) is 6.15. The van der Waals surface area contributed by atoms with E-state index >= 15 is 0 Å². The van der Waals surface area contributed by atoms with E-state index in [0.717, 1.165) is 17.7 Å². The standard InChI is InChI=1S/C36H33NS/c1-3-28(2)38-35-29(27-37-33-24-14-7-15-25-33)17-16-26-34(35)36(30-18-8-4-9-19-30,31-20-10-5-11-21-31)32-22-12-6-13-23-32/h4-28H,3H2,1-2H3. The fourth-order valence-corrected chi connectivity index (χ4v) is 6.23. The molecule has 1 unspecified atom stereocenters. The third kappa shape index (κ3) is 5.23. The molecular weight excluding hydrogens is 478 g/mol. The minimum Gasteiger partial charge on any atom is -0.256 e. The zero-order valence-electron chi connectivity index (χ0n) is 22.0. The summed E-state index contributed by atoms with van der Waals surface area (Å²) < 4.78 is 0. The number of hydrogen-bond donors (Lipinski definition) is 0. The van der Waals surface area contributed by atoms with Gasteiger partial charge < -0.3 is 0 Å². The summed E-state index contributed by atoms with van der Waals surface area (Å²) in [5.74, 6) is 0. The zero-order valence-corrected chi connectivity index (χ0v) is 22.8. The predicted octanol–water partition coefficient (Wildman–Crippen LogP) is 9.71. The number of aliphatic imine (C=N–C) groups is 1. The molecule has 0 aliphatic carbocycles. The average Bonchev–Trinajstić information content (AvgIpc) is 2.99. The van der Waals surface area contributed by atoms with Crippen molar-refractivity contribution in [2.24, 2.45) is 4.99 Å². The van der Waals surface area contributed by atoms with Gasteiger partial charge in [-0.05, 0) is 40.8 Å². The Kier molecular flexibility index (Phi) is 8.21. The Morgan fingerprint density at radius 3 is 1.58 bits per heavy atom. The fraction of sp³-hybridized carbons (Fsp3) is 0.139. The number of benzene rings is 5. The first kappa shape index (κ1) is 25.8. The van der Waals surface area contributed by atoms with Crippen LogP contribution in [0.15, 0.2) is 149 Å². The van der Waals surface area contributed by atoms with Crippen LogP contribution < -0.4 is 0 Å². The predicted molar refractivity (Wildman–Crippen MR) is 164 cm³/mol. The van der Waals surface area contributed by atoms with Gasteiger partial charge >= 0.3 is 0 Å². The molecular formula is C36H33NS. The summed E-state index contributed by atoms with van der Waals surface area (Å²) in [6, 6.07) is 49.7. The van der Waals surface area contributed by atoms with Crippen molar-refractivity contribution in [1.82, 2.24) is 0 Å². The van der Waals surface area contributed by atoms with Gasteiger partial charge in [0.15, 0.2) is 0 Å². The molecule has 38 heavy (non-hydrogen) atoms. The molecule has 5 aromatic carbocycles. The van der Waals surface area contributed by atoms with E-state index in [1.807, 2.05) is 48.3 Å². The van der Waals surface area contributed by atoms with Gasteiger partial charge in [-0.2, -0.15) is 0 Å². The number of hydrogen-bond acceptors (Lipinski definition) is 2. The van der Waals surface area contributed by atoms with Crippen molar-refractivity contribution >= 4 is 23.7 Å². The number of nitrogens with zero attached hydrogens (tertiary/aromatic N) is 1. The molecule has 0 aliphatic rings. The molecule has 0 heterocycles. The van der Waals surface area contributed by atoms with Crippen LogP contribution in [0.1, 0.15) is 48.1 Å². The molecule has 188 valence electrons. The number of rotatable bonds is 9. The van der Waals surface area contributed by atoms with Gasteiger partial charge in [-0.25, -0.2) is 0 Å². The fourth-order valence-electron chi connectivity index (χ4n) is 5.06. The van der Waals surface area contributed by atoms with Crippen LogP contribution in [-0.4, -0.2) is 11.5 Å². The molecule has 1 nitrogen and oxygen atoms in total. The van der Waals surface area contributed by atoms with E-state index in [9.17, 15) is 0 Å². The van der Waals surface area contributed by atoms with Crippen molar-refractivity contribution in [3.05, 3.63) is 167 Å². The van der Waals surface area contributed by atoms with Gasteiger partial charge in [-0.15, -0.1) is 11.8 Å². The lowest BCUT2D eigenvalue weighted by molar-refractivity contribution is 0.726. The van der Waals surface area contributed by atoms with Crippen molar-refractivity contribution in [2.45, 2.75) is 35.8 Å². The molecule has 0 saturated carbocycles. The summed E-state index contributed by atoms with van der Waals surface area (Å²) in [7, 11) is 0. The highest BCUT2D eigenvalue weighted by molar-refractivity contribution is 8.00. The van der Waals surface area contributed by atoms with E-state index < -0.39 is 5.41 Å². The first-order valence-corrected chi connectivity index (χ1v) is 14.2. The molecule has 0 bridgehead atoms. The Morgan fingerprint density at radius 2 is 1.11 bits per heavy atom. The molecule has 1 atom stereocenters. The highest BCUT2D eigenvalue weighted by Crippen LogP contribution is 2.49. The third-order valence-electron chi connectivity index (χ3n) is 7.07. The molecule has 5 aromatic rings. The van der Waals surface area contributed by atoms with Crippen molar-refractivity contribution in [2.75, 3.05) is 0 Å². The van der Waals surface area contributed by atoms with E-state index in [4.69, 9.17) is 4.99 Å². The Hall–Kier alpha value is -3.88. The molecule has 0 fully saturated rings. The third-order valence-corrected chi connectivity index (χ3v) is 8.50. The molecule has 0 aromatic heterocycles. The summed E-state index contributed by atoms with van der Waals surface area (Å²) in [6.45, 7) is 4.58. The number of thioether (sulfide) groups is 1. The van der Waals surface area contributed by atoms with Crippen molar-refractivity contribution in [1.29, 1.82) is 0 Å². The maximum atomic E-state index is 4.87. The van der Waals surface area contributed by atoms with Gasteiger partial charge in [-0.1, -0.05) is 141 Å². The van der Waals surface area contributed by atoms with Gasteiger partial charge in [-0.3, -0.25) is 4.99 Å². The Bertz CT molecular complexity index is 1370. The van der Waals surface area contributed by atoms with Gasteiger partial charge in [0.25, 0.3) is 0 Å². The van der Waals surface area contributed by atoms with Crippen LogP contribution >= 0.6 is 11.8 Å². The summed E-state index contributed by atoms with van der Waals surface area (Å²) in [6.07, 6.45) is 3.12. The second-order valence-electron chi connectivity index (χ2n) is 9.50. The molecule has 0 radical (unpaired) electrons. The molecule has 0 saturated heterocycles. The van der Waals surface area contributed by atoms with Crippen LogP contribution in [-0.2, 0) is 5.41 Å². The summed E-state index contributed by atoms with van der Waals surface area (Å²) in [5, 5.41) is 0.458. The van der Waals surface area contributed by atoms with Gasteiger partial charge in [0.05, 0.1) is 11.1 Å². The Morgan fingerprint density at radius 1 is 0.632 bits per heavy atom. The summed E-state index contributed by atoms with van der Waals surface area (Å²) >= 11 is 1.95. The van der Waals surface area contributed by atoms with E-state index in [1.54, 1.807) is 0 Å². The van der Waals surface area contributed by atoms with Gasteiger partial charge in [0.2, 0.25) is 0 Å². The Balaban J connectivity index is 1.85. The normalized spacial score (nSPS) is 12.5. The van der Waals surface area contributed by atoms with Crippen LogP contribution in [0.4, 0.5) is 5.69 Å². The lowest BCUT2D eigenvalue weighted by Gasteiger charge is -2.38. The van der Waals surface area contributed by atoms with Gasteiger partial charge in [0, 0.05) is 21.9 Å². The van der Waals surface area contributed by atoms with E-state index in [-0.39, 0.29) is 0 Å². The lowest BCUT2D eigenvalue weighted by Crippen LogP contribution is -2.32. The van der Waals surface area contributed by atoms with E-state index in [2.05, 4.69) is 123 Å². The highest BCUT2D eigenvalue weighted by atomic mass is 32.2. The van der Waals surface area contributed by atoms with Gasteiger partial charge in [0.1, 0.15) is 0 Å². The van der Waals surface area contributed by atoms with Crippen LogP contribution in [0.25, 0.3) is 0 Å². The second kappa shape index (κ2) is 12.1. The lowest BCUT2D eigenvalue weighted by atomic mass is 9.65. The molecule has 0 aliphatic heterocycles. The SMILES string of the molecule is CCC(C)Sc1c(C=Nc2ccccc2)cccc1C(c1ccccc1)(c1ccccc1)c1ccccc1. The summed E-state index contributed by atoms with van der Waals surface area (Å²) in [5.41, 5.74) is 6.64. The van der Waals surface area contributed by atoms with Crippen molar-refractivity contribution in [3.63, 3.8) is 0 Å². The van der Waals surface area contributed by atoms with Crippen molar-refractivity contribution < 1.29 is 0 Å². The van der Waals surface area contributed by atoms with E-state index in [0.29, 0.717) is 5.25 Å². The largest absolute Gasteiger partial charge is 0.256 e. The van der Waals surface area contributed by atoms with Crippen LogP contribution in [0.5, 0.6) is 0 Å². The monoisotopic (exact) mass is 511 g/mol. The first-order chi connectivity index (χ1) is 18.7. The topological polar surface area (TPSA) is 12.4 Å². The highest BCUT2D eigenvalue weighted by Gasteiger charge is 2.40. The first-order valence-electron chi connectivity index (χ1n) is 13.3. The molecule has 0 spiro atoms. The zero-order chi connectivity index (χ0) is 26.2. The van der Waals surface area contributed by atoms with Crippen LogP contribution in [0, 0.1) is 0 Å². The molecule has 5 rings (SSSR count). The van der Waals surface area contributed by atoms with Crippen LogP contribution in [0.2, 0.25) is 0 Å². The smallest absolute Gasteiger partial charge is 0.0712 e. The van der Waals surface area contributed by atoms with Crippen LogP contribution in [0.3, 0.4) is 0 Å². The minimum absolute atomic E-state index is 0.458. The molecule has 0 N–H and O–H groups in total. The minimum atomic E-state index is -0.490. The van der Waals surface area contributed by atoms with Crippen molar-refractivity contribution in [3.8, 4) is 0 Å². The maximum absolute atomic E-state index is 4.87. The molecule has 0 amide bonds. The number of para-hydroxylation sites is 1.